The van der Waals surface area contributed by atoms with Gasteiger partial charge in [-0.2, -0.15) is 0 Å². The summed E-state index contributed by atoms with van der Waals surface area (Å²) in [4.78, 5) is 0.155. The van der Waals surface area contributed by atoms with Crippen molar-refractivity contribution in [2.45, 2.75) is 17.9 Å². The zero-order valence-corrected chi connectivity index (χ0v) is 12.2. The third-order valence-corrected chi connectivity index (χ3v) is 4.75. The van der Waals surface area contributed by atoms with Crippen LogP contribution < -0.4 is 10.5 Å². The molecule has 2 N–H and O–H groups in total. The second-order valence-corrected chi connectivity index (χ2v) is 6.56. The maximum Gasteiger partial charge on any atom is 0.184 e. The predicted octanol–water partition coefficient (Wildman–Crippen LogP) is 2.07. The molecule has 0 spiro atoms. The Morgan fingerprint density at radius 3 is 2.70 bits per heavy atom. The molecule has 1 aromatic carbocycles. The van der Waals surface area contributed by atoms with Gasteiger partial charge >= 0.3 is 0 Å². The van der Waals surface area contributed by atoms with Crippen LogP contribution in [0, 0.1) is 6.92 Å². The van der Waals surface area contributed by atoms with Crippen molar-refractivity contribution in [3.63, 3.8) is 0 Å². The molecule has 1 unspecified atom stereocenters. The molecule has 0 saturated heterocycles. The molecule has 6 heteroatoms. The standard InChI is InChI=1S/C14H17NO4S/c1-10-5-6-13(18-2)14(8-10)20(16,17)9-11(15)12-4-3-7-19-12/h3-8,11H,9,15H2,1-2H3. The molecule has 0 bridgehead atoms. The van der Waals surface area contributed by atoms with E-state index in [4.69, 9.17) is 14.9 Å². The van der Waals surface area contributed by atoms with E-state index in [0.717, 1.165) is 5.56 Å². The van der Waals surface area contributed by atoms with E-state index in [1.165, 1.54) is 13.4 Å². The minimum Gasteiger partial charge on any atom is -0.495 e. The fourth-order valence-electron chi connectivity index (χ4n) is 1.94. The van der Waals surface area contributed by atoms with Crippen molar-refractivity contribution < 1.29 is 17.6 Å². The average Bonchev–Trinajstić information content (AvgIpc) is 2.92. The van der Waals surface area contributed by atoms with Crippen LogP contribution in [0.3, 0.4) is 0 Å². The lowest BCUT2D eigenvalue weighted by molar-refractivity contribution is 0.402. The van der Waals surface area contributed by atoms with E-state index in [2.05, 4.69) is 0 Å². The third kappa shape index (κ3) is 3.02. The second kappa shape index (κ2) is 5.68. The Morgan fingerprint density at radius 1 is 1.35 bits per heavy atom. The maximum atomic E-state index is 12.5. The summed E-state index contributed by atoms with van der Waals surface area (Å²) in [6.45, 7) is 1.82. The number of rotatable bonds is 5. The van der Waals surface area contributed by atoms with Crippen LogP contribution >= 0.6 is 0 Å². The van der Waals surface area contributed by atoms with Gasteiger partial charge in [-0.3, -0.25) is 0 Å². The van der Waals surface area contributed by atoms with Gasteiger partial charge in [0.25, 0.3) is 0 Å². The Hall–Kier alpha value is -1.79. The fraction of sp³-hybridized carbons (Fsp3) is 0.286. The van der Waals surface area contributed by atoms with Crippen molar-refractivity contribution >= 4 is 9.84 Å². The van der Waals surface area contributed by atoms with Crippen molar-refractivity contribution in [3.05, 3.63) is 47.9 Å². The number of sulfone groups is 1. The SMILES string of the molecule is COc1ccc(C)cc1S(=O)(=O)CC(N)c1ccco1. The molecule has 0 amide bonds. The van der Waals surface area contributed by atoms with Crippen molar-refractivity contribution in [2.75, 3.05) is 12.9 Å². The Kier molecular flexibility index (Phi) is 4.15. The zero-order chi connectivity index (χ0) is 14.8. The number of aryl methyl sites for hydroxylation is 1. The predicted molar refractivity (Wildman–Crippen MR) is 75.4 cm³/mol. The summed E-state index contributed by atoms with van der Waals surface area (Å²) in [5, 5.41) is 0. The van der Waals surface area contributed by atoms with Crippen LogP contribution in [0.5, 0.6) is 5.75 Å². The van der Waals surface area contributed by atoms with Crippen molar-refractivity contribution in [2.24, 2.45) is 5.73 Å². The van der Waals surface area contributed by atoms with E-state index in [9.17, 15) is 8.42 Å². The summed E-state index contributed by atoms with van der Waals surface area (Å²) < 4.78 is 35.2. The van der Waals surface area contributed by atoms with Gasteiger partial charge in [-0.05, 0) is 36.8 Å². The largest absolute Gasteiger partial charge is 0.495 e. The number of hydrogen-bond donors (Lipinski definition) is 1. The first-order valence-electron chi connectivity index (χ1n) is 6.10. The van der Waals surface area contributed by atoms with Crippen LogP contribution in [0.2, 0.25) is 0 Å². The third-order valence-electron chi connectivity index (χ3n) is 2.96. The minimum absolute atomic E-state index is 0.155. The zero-order valence-electron chi connectivity index (χ0n) is 11.4. The topological polar surface area (TPSA) is 82.5 Å². The molecule has 0 aliphatic heterocycles. The van der Waals surface area contributed by atoms with Gasteiger partial charge in [0, 0.05) is 0 Å². The molecule has 2 aromatic rings. The first-order valence-corrected chi connectivity index (χ1v) is 7.75. The number of hydrogen-bond acceptors (Lipinski definition) is 5. The molecule has 0 saturated carbocycles. The van der Waals surface area contributed by atoms with E-state index in [0.29, 0.717) is 11.5 Å². The van der Waals surface area contributed by atoms with Gasteiger partial charge in [0.15, 0.2) is 9.84 Å². The lowest BCUT2D eigenvalue weighted by Crippen LogP contribution is -2.22. The Bertz CT molecular complexity index is 677. The fourth-order valence-corrected chi connectivity index (χ4v) is 3.58. The quantitative estimate of drug-likeness (QED) is 0.913. The number of nitrogens with two attached hydrogens (primary N) is 1. The molecule has 1 atom stereocenters. The van der Waals surface area contributed by atoms with Crippen LogP contribution in [-0.2, 0) is 9.84 Å². The summed E-state index contributed by atoms with van der Waals surface area (Å²) in [5.41, 5.74) is 6.72. The molecule has 0 radical (unpaired) electrons. The number of ether oxygens (including phenoxy) is 1. The van der Waals surface area contributed by atoms with Crippen molar-refractivity contribution in [1.82, 2.24) is 0 Å². The Labute approximate surface area is 118 Å². The van der Waals surface area contributed by atoms with Gasteiger partial charge in [0.1, 0.15) is 16.4 Å². The molecule has 1 heterocycles. The molecule has 0 aliphatic rings. The van der Waals surface area contributed by atoms with Crippen molar-refractivity contribution in [3.8, 4) is 5.75 Å². The first-order chi connectivity index (χ1) is 9.44. The van der Waals surface area contributed by atoms with E-state index >= 15 is 0 Å². The van der Waals surface area contributed by atoms with Crippen LogP contribution in [0.1, 0.15) is 17.4 Å². The molecule has 1 aromatic heterocycles. The lowest BCUT2D eigenvalue weighted by Gasteiger charge is -2.13. The Morgan fingerprint density at radius 2 is 2.10 bits per heavy atom. The highest BCUT2D eigenvalue weighted by Crippen LogP contribution is 2.27. The molecular formula is C14H17NO4S. The van der Waals surface area contributed by atoms with Gasteiger partial charge in [0.05, 0.1) is 25.2 Å². The van der Waals surface area contributed by atoms with E-state index < -0.39 is 15.9 Å². The maximum absolute atomic E-state index is 12.5. The lowest BCUT2D eigenvalue weighted by atomic mass is 10.2. The minimum atomic E-state index is -3.56. The van der Waals surface area contributed by atoms with Gasteiger partial charge in [-0.25, -0.2) is 8.42 Å². The van der Waals surface area contributed by atoms with E-state index in [-0.39, 0.29) is 10.6 Å². The highest BCUT2D eigenvalue weighted by molar-refractivity contribution is 7.91. The van der Waals surface area contributed by atoms with Gasteiger partial charge in [-0.1, -0.05) is 6.07 Å². The average molecular weight is 295 g/mol. The normalized spacial score (nSPS) is 13.2. The van der Waals surface area contributed by atoms with Crippen LogP contribution in [0.25, 0.3) is 0 Å². The van der Waals surface area contributed by atoms with Crippen LogP contribution in [0.4, 0.5) is 0 Å². The molecular weight excluding hydrogens is 278 g/mol. The second-order valence-electron chi connectivity index (χ2n) is 4.56. The monoisotopic (exact) mass is 295 g/mol. The molecule has 0 fully saturated rings. The Balaban J connectivity index is 2.33. The van der Waals surface area contributed by atoms with Crippen LogP contribution in [0.15, 0.2) is 45.9 Å². The molecule has 0 aliphatic carbocycles. The summed E-state index contributed by atoms with van der Waals surface area (Å²) in [5.74, 6) is 0.530. The van der Waals surface area contributed by atoms with E-state index in [1.807, 2.05) is 6.92 Å². The molecule has 108 valence electrons. The number of benzene rings is 1. The molecule has 2 rings (SSSR count). The van der Waals surface area contributed by atoms with E-state index in [1.54, 1.807) is 30.3 Å². The van der Waals surface area contributed by atoms with Crippen molar-refractivity contribution in [1.29, 1.82) is 0 Å². The van der Waals surface area contributed by atoms with Gasteiger partial charge in [0.2, 0.25) is 0 Å². The highest BCUT2D eigenvalue weighted by Gasteiger charge is 2.24. The number of furan rings is 1. The molecule has 5 nitrogen and oxygen atoms in total. The van der Waals surface area contributed by atoms with Crippen LogP contribution in [-0.4, -0.2) is 21.3 Å². The first kappa shape index (κ1) is 14.6. The van der Waals surface area contributed by atoms with Gasteiger partial charge in [-0.15, -0.1) is 0 Å². The summed E-state index contributed by atoms with van der Waals surface area (Å²) in [7, 11) is -2.12. The molecule has 20 heavy (non-hydrogen) atoms. The summed E-state index contributed by atoms with van der Waals surface area (Å²) in [6, 6.07) is 7.65. The number of methoxy groups -OCH3 is 1. The smallest absolute Gasteiger partial charge is 0.184 e. The summed E-state index contributed by atoms with van der Waals surface area (Å²) >= 11 is 0. The van der Waals surface area contributed by atoms with Gasteiger partial charge < -0.3 is 14.9 Å². The summed E-state index contributed by atoms with van der Waals surface area (Å²) in [6.07, 6.45) is 1.47. The highest BCUT2D eigenvalue weighted by atomic mass is 32.2.